The lowest BCUT2D eigenvalue weighted by Gasteiger charge is -2.29. The van der Waals surface area contributed by atoms with Gasteiger partial charge >= 0.3 is 0 Å². The number of unbranched alkanes of at least 4 members (excludes halogenated alkanes) is 4. The molecule has 2 aliphatic carbocycles. The molecule has 0 bridgehead atoms. The molecule has 0 aromatic rings. The van der Waals surface area contributed by atoms with Crippen molar-refractivity contribution in [2.45, 2.75) is 129 Å². The van der Waals surface area contributed by atoms with Crippen LogP contribution in [0.15, 0.2) is 12.2 Å². The van der Waals surface area contributed by atoms with Crippen molar-refractivity contribution in [1.82, 2.24) is 0 Å². The minimum Gasteiger partial charge on any atom is -0.0883 e. The molecule has 0 saturated heterocycles. The Morgan fingerprint density at radius 2 is 1.04 bits per heavy atom. The van der Waals surface area contributed by atoms with E-state index in [2.05, 4.69) is 26.0 Å². The van der Waals surface area contributed by atoms with Crippen LogP contribution in [0.3, 0.4) is 0 Å². The van der Waals surface area contributed by atoms with Gasteiger partial charge in [-0.15, -0.1) is 0 Å². The van der Waals surface area contributed by atoms with E-state index >= 15 is 0 Å². The summed E-state index contributed by atoms with van der Waals surface area (Å²) >= 11 is 0. The quantitative estimate of drug-likeness (QED) is 0.240. The number of allylic oxidation sites excluding steroid dienone is 2. The van der Waals surface area contributed by atoms with Crippen molar-refractivity contribution in [2.24, 2.45) is 23.7 Å². The van der Waals surface area contributed by atoms with Crippen LogP contribution in [0.5, 0.6) is 0 Å². The highest BCUT2D eigenvalue weighted by Crippen LogP contribution is 2.36. The molecule has 0 aliphatic heterocycles. The van der Waals surface area contributed by atoms with E-state index in [1.807, 2.05) is 0 Å². The van der Waals surface area contributed by atoms with Crippen molar-refractivity contribution in [1.29, 1.82) is 0 Å². The summed E-state index contributed by atoms with van der Waals surface area (Å²) in [7, 11) is 0. The molecule has 2 rings (SSSR count). The van der Waals surface area contributed by atoms with E-state index in [4.69, 9.17) is 0 Å². The summed E-state index contributed by atoms with van der Waals surface area (Å²) in [6.07, 6.45) is 31.6. The Morgan fingerprint density at radius 1 is 0.577 bits per heavy atom. The fraction of sp³-hybridized carbons (Fsp3) is 0.923. The van der Waals surface area contributed by atoms with Crippen LogP contribution in [0.4, 0.5) is 0 Å². The van der Waals surface area contributed by atoms with Crippen molar-refractivity contribution < 1.29 is 0 Å². The highest BCUT2D eigenvalue weighted by molar-refractivity contribution is 4.90. The minimum absolute atomic E-state index is 0.908. The standard InChI is InChI=1S/C26H48/c1-3-5-7-11-23-15-19-25(20-16-23)13-9-10-14-26-21-17-24(18-22-26)12-8-6-4-2/h7,11,23-26H,3-6,8-10,12-22H2,1-2H3/t23?,24-,25?,26-. The first-order valence-corrected chi connectivity index (χ1v) is 12.5. The van der Waals surface area contributed by atoms with Crippen LogP contribution >= 0.6 is 0 Å². The third-order valence-electron chi connectivity index (χ3n) is 7.41. The molecule has 2 fully saturated rings. The monoisotopic (exact) mass is 360 g/mol. The number of rotatable bonds is 12. The zero-order chi connectivity index (χ0) is 18.5. The number of hydrogen-bond acceptors (Lipinski definition) is 0. The summed E-state index contributed by atoms with van der Waals surface area (Å²) in [5.41, 5.74) is 0. The molecule has 0 radical (unpaired) electrons. The maximum absolute atomic E-state index is 2.53. The van der Waals surface area contributed by atoms with Crippen molar-refractivity contribution in [3.8, 4) is 0 Å². The van der Waals surface area contributed by atoms with Crippen LogP contribution in [-0.2, 0) is 0 Å². The van der Waals surface area contributed by atoms with Gasteiger partial charge in [0.25, 0.3) is 0 Å². The second kappa shape index (κ2) is 13.8. The zero-order valence-electron chi connectivity index (χ0n) is 18.2. The van der Waals surface area contributed by atoms with Crippen molar-refractivity contribution >= 4 is 0 Å². The molecule has 0 aromatic heterocycles. The fourth-order valence-electron chi connectivity index (χ4n) is 5.48. The van der Waals surface area contributed by atoms with Gasteiger partial charge in [-0.1, -0.05) is 109 Å². The summed E-state index contributed by atoms with van der Waals surface area (Å²) in [5, 5.41) is 0. The molecule has 0 spiro atoms. The molecule has 26 heavy (non-hydrogen) atoms. The average molecular weight is 361 g/mol. The predicted molar refractivity (Wildman–Crippen MR) is 118 cm³/mol. The maximum Gasteiger partial charge on any atom is -0.0233 e. The molecule has 0 heteroatoms. The van der Waals surface area contributed by atoms with Crippen LogP contribution in [0.2, 0.25) is 0 Å². The Kier molecular flexibility index (Phi) is 11.7. The molecular formula is C26H48. The van der Waals surface area contributed by atoms with Crippen LogP contribution in [0, 0.1) is 23.7 Å². The molecule has 152 valence electrons. The van der Waals surface area contributed by atoms with Gasteiger partial charge in [0.2, 0.25) is 0 Å². The summed E-state index contributed by atoms with van der Waals surface area (Å²) < 4.78 is 0. The van der Waals surface area contributed by atoms with Gasteiger partial charge in [0.15, 0.2) is 0 Å². The first kappa shape index (κ1) is 22.0. The molecule has 0 heterocycles. The van der Waals surface area contributed by atoms with Crippen molar-refractivity contribution in [3.05, 3.63) is 12.2 Å². The van der Waals surface area contributed by atoms with E-state index in [-0.39, 0.29) is 0 Å². The fourth-order valence-corrected chi connectivity index (χ4v) is 5.48. The Balaban J connectivity index is 1.45. The average Bonchev–Trinajstić information content (AvgIpc) is 2.68. The second-order valence-corrected chi connectivity index (χ2v) is 9.66. The van der Waals surface area contributed by atoms with Crippen molar-refractivity contribution in [2.75, 3.05) is 0 Å². The summed E-state index contributed by atoms with van der Waals surface area (Å²) in [6, 6.07) is 0. The van der Waals surface area contributed by atoms with E-state index in [0.29, 0.717) is 0 Å². The van der Waals surface area contributed by atoms with Gasteiger partial charge in [0.05, 0.1) is 0 Å². The zero-order valence-corrected chi connectivity index (χ0v) is 18.2. The Bertz CT molecular complexity index is 339. The molecule has 0 nitrogen and oxygen atoms in total. The highest BCUT2D eigenvalue weighted by atomic mass is 14.3. The summed E-state index contributed by atoms with van der Waals surface area (Å²) in [6.45, 7) is 4.60. The van der Waals surface area contributed by atoms with Crippen LogP contribution < -0.4 is 0 Å². The van der Waals surface area contributed by atoms with Gasteiger partial charge in [0, 0.05) is 0 Å². The second-order valence-electron chi connectivity index (χ2n) is 9.66. The van der Waals surface area contributed by atoms with Gasteiger partial charge in [0.1, 0.15) is 0 Å². The predicted octanol–water partition coefficient (Wildman–Crippen LogP) is 9.10. The van der Waals surface area contributed by atoms with E-state index in [0.717, 1.165) is 23.7 Å². The van der Waals surface area contributed by atoms with Crippen LogP contribution in [0.25, 0.3) is 0 Å². The Morgan fingerprint density at radius 3 is 1.50 bits per heavy atom. The SMILES string of the molecule is CCCC=CC1CCC(CCCC[C@H]2CC[C@H](CCCCC)CC2)CC1. The van der Waals surface area contributed by atoms with Gasteiger partial charge in [-0.2, -0.15) is 0 Å². The van der Waals surface area contributed by atoms with Gasteiger partial charge in [-0.3, -0.25) is 0 Å². The summed E-state index contributed by atoms with van der Waals surface area (Å²) in [5.74, 6) is 4.13. The smallest absolute Gasteiger partial charge is 0.0233 e. The van der Waals surface area contributed by atoms with Crippen molar-refractivity contribution in [3.63, 3.8) is 0 Å². The van der Waals surface area contributed by atoms with Crippen LogP contribution in [0.1, 0.15) is 129 Å². The third-order valence-corrected chi connectivity index (χ3v) is 7.41. The maximum atomic E-state index is 2.53. The Hall–Kier alpha value is -0.260. The molecule has 2 saturated carbocycles. The van der Waals surface area contributed by atoms with E-state index in [1.165, 1.54) is 89.9 Å². The molecular weight excluding hydrogens is 312 g/mol. The molecule has 0 atom stereocenters. The normalized spacial score (nSPS) is 30.1. The first-order chi connectivity index (χ1) is 12.8. The van der Waals surface area contributed by atoms with E-state index in [1.54, 1.807) is 25.7 Å². The topological polar surface area (TPSA) is 0 Å². The largest absolute Gasteiger partial charge is 0.0883 e. The minimum atomic E-state index is 0.908. The van der Waals surface area contributed by atoms with Crippen LogP contribution in [-0.4, -0.2) is 0 Å². The molecule has 0 unspecified atom stereocenters. The number of hydrogen-bond donors (Lipinski definition) is 0. The first-order valence-electron chi connectivity index (χ1n) is 12.5. The van der Waals surface area contributed by atoms with E-state index < -0.39 is 0 Å². The molecule has 0 aromatic carbocycles. The van der Waals surface area contributed by atoms with Gasteiger partial charge in [-0.05, 0) is 55.8 Å². The lowest BCUT2D eigenvalue weighted by molar-refractivity contribution is 0.239. The molecule has 2 aliphatic rings. The lowest BCUT2D eigenvalue weighted by atomic mass is 9.77. The van der Waals surface area contributed by atoms with E-state index in [9.17, 15) is 0 Å². The summed E-state index contributed by atoms with van der Waals surface area (Å²) in [4.78, 5) is 0. The third kappa shape index (κ3) is 9.09. The lowest BCUT2D eigenvalue weighted by Crippen LogP contribution is -2.15. The Labute approximate surface area is 165 Å². The highest BCUT2D eigenvalue weighted by Gasteiger charge is 2.21. The van der Waals surface area contributed by atoms with Gasteiger partial charge in [-0.25, -0.2) is 0 Å². The molecule has 0 N–H and O–H groups in total. The van der Waals surface area contributed by atoms with Gasteiger partial charge < -0.3 is 0 Å². The molecule has 0 amide bonds.